The number of hydrogen-bond acceptors (Lipinski definition) is 3. The summed E-state index contributed by atoms with van der Waals surface area (Å²) in [5.74, 6) is 0. The second-order valence-electron chi connectivity index (χ2n) is 4.91. The summed E-state index contributed by atoms with van der Waals surface area (Å²) < 4.78 is 11.0. The van der Waals surface area contributed by atoms with E-state index in [1.807, 2.05) is 18.2 Å². The van der Waals surface area contributed by atoms with Gasteiger partial charge in [0, 0.05) is 19.7 Å². The van der Waals surface area contributed by atoms with Gasteiger partial charge in [-0.1, -0.05) is 42.5 Å². The highest BCUT2D eigenvalue weighted by Gasteiger charge is 2.21. The fourth-order valence-corrected chi connectivity index (χ4v) is 1.88. The average molecular weight is 261 g/mol. The zero-order valence-corrected chi connectivity index (χ0v) is 11.5. The van der Waals surface area contributed by atoms with Crippen LogP contribution in [0.1, 0.15) is 18.4 Å². The van der Waals surface area contributed by atoms with Gasteiger partial charge in [0.2, 0.25) is 0 Å². The first kappa shape index (κ1) is 14.3. The summed E-state index contributed by atoms with van der Waals surface area (Å²) in [6.07, 6.45) is 6.86. The van der Waals surface area contributed by atoms with E-state index in [9.17, 15) is 0 Å². The van der Waals surface area contributed by atoms with Crippen LogP contribution in [0.5, 0.6) is 0 Å². The fraction of sp³-hybridized carbons (Fsp3) is 0.500. The normalized spacial score (nSPS) is 16.9. The number of methoxy groups -OCH3 is 1. The van der Waals surface area contributed by atoms with Crippen molar-refractivity contribution in [2.75, 3.05) is 26.9 Å². The number of benzene rings is 1. The van der Waals surface area contributed by atoms with Gasteiger partial charge in [-0.25, -0.2) is 0 Å². The van der Waals surface area contributed by atoms with Crippen molar-refractivity contribution in [3.63, 3.8) is 0 Å². The Kier molecular flexibility index (Phi) is 6.08. The van der Waals surface area contributed by atoms with E-state index in [2.05, 4.69) is 29.6 Å². The van der Waals surface area contributed by atoms with Gasteiger partial charge in [-0.3, -0.25) is 0 Å². The molecule has 0 radical (unpaired) electrons. The molecule has 0 heterocycles. The third-order valence-electron chi connectivity index (χ3n) is 3.10. The van der Waals surface area contributed by atoms with Gasteiger partial charge in [0.05, 0.1) is 19.3 Å². The minimum Gasteiger partial charge on any atom is -0.382 e. The Morgan fingerprint density at radius 2 is 2.11 bits per heavy atom. The quantitative estimate of drug-likeness (QED) is 0.741. The molecule has 0 aliphatic heterocycles. The summed E-state index contributed by atoms with van der Waals surface area (Å²) >= 11 is 0. The molecule has 1 N–H and O–H groups in total. The maximum atomic E-state index is 5.81. The smallest absolute Gasteiger partial charge is 0.0936 e. The molecular formula is C16H23NO2. The first-order valence-corrected chi connectivity index (χ1v) is 6.94. The molecule has 2 rings (SSSR count). The Hall–Kier alpha value is -1.16. The Labute approximate surface area is 115 Å². The van der Waals surface area contributed by atoms with Crippen molar-refractivity contribution in [2.24, 2.45) is 0 Å². The largest absolute Gasteiger partial charge is 0.382 e. The van der Waals surface area contributed by atoms with Crippen molar-refractivity contribution in [1.82, 2.24) is 5.32 Å². The fourth-order valence-electron chi connectivity index (χ4n) is 1.88. The molecule has 1 aromatic rings. The second-order valence-corrected chi connectivity index (χ2v) is 4.91. The molecule has 0 spiro atoms. The third kappa shape index (κ3) is 6.01. The van der Waals surface area contributed by atoms with E-state index in [-0.39, 0.29) is 6.10 Å². The lowest BCUT2D eigenvalue weighted by Gasteiger charge is -2.16. The molecule has 1 aromatic carbocycles. The lowest BCUT2D eigenvalue weighted by molar-refractivity contribution is 0.0120. The molecule has 3 heteroatoms. The average Bonchev–Trinajstić information content (AvgIpc) is 3.26. The van der Waals surface area contributed by atoms with Crippen LogP contribution in [0.2, 0.25) is 0 Å². The van der Waals surface area contributed by atoms with E-state index < -0.39 is 0 Å². The van der Waals surface area contributed by atoms with Gasteiger partial charge in [-0.05, 0) is 18.4 Å². The van der Waals surface area contributed by atoms with Gasteiger partial charge in [0.15, 0.2) is 0 Å². The molecule has 0 bridgehead atoms. The van der Waals surface area contributed by atoms with Crippen LogP contribution in [0.15, 0.2) is 36.4 Å². The standard InChI is InChI=1S/C16H23NO2/c1-18-13-16(12-17-15-9-10-15)19-11-5-8-14-6-3-2-4-7-14/h2-8,15-17H,9-13H2,1H3/b8-5+. The molecular weight excluding hydrogens is 238 g/mol. The van der Waals surface area contributed by atoms with E-state index in [1.165, 1.54) is 18.4 Å². The van der Waals surface area contributed by atoms with Crippen LogP contribution in [-0.2, 0) is 9.47 Å². The lowest BCUT2D eigenvalue weighted by Crippen LogP contribution is -2.33. The number of nitrogens with one attached hydrogen (secondary N) is 1. The minimum absolute atomic E-state index is 0.131. The molecule has 0 aromatic heterocycles. The van der Waals surface area contributed by atoms with Gasteiger partial charge in [0.1, 0.15) is 0 Å². The first-order chi connectivity index (χ1) is 9.38. The summed E-state index contributed by atoms with van der Waals surface area (Å²) in [7, 11) is 1.72. The van der Waals surface area contributed by atoms with Crippen LogP contribution >= 0.6 is 0 Å². The molecule has 1 atom stereocenters. The summed E-state index contributed by atoms with van der Waals surface area (Å²) in [5.41, 5.74) is 1.20. The second kappa shape index (κ2) is 8.10. The minimum atomic E-state index is 0.131. The van der Waals surface area contributed by atoms with Crippen molar-refractivity contribution < 1.29 is 9.47 Å². The zero-order valence-electron chi connectivity index (χ0n) is 11.5. The molecule has 0 saturated heterocycles. The van der Waals surface area contributed by atoms with Crippen molar-refractivity contribution in [3.05, 3.63) is 42.0 Å². The van der Waals surface area contributed by atoms with E-state index >= 15 is 0 Å². The van der Waals surface area contributed by atoms with Gasteiger partial charge >= 0.3 is 0 Å². The highest BCUT2D eigenvalue weighted by molar-refractivity contribution is 5.48. The molecule has 19 heavy (non-hydrogen) atoms. The van der Waals surface area contributed by atoms with Crippen LogP contribution in [0, 0.1) is 0 Å². The maximum Gasteiger partial charge on any atom is 0.0936 e. The SMILES string of the molecule is COCC(CNC1CC1)OC/C=C/c1ccccc1. The zero-order chi connectivity index (χ0) is 13.3. The lowest BCUT2D eigenvalue weighted by atomic mass is 10.2. The summed E-state index contributed by atoms with van der Waals surface area (Å²) in [4.78, 5) is 0. The van der Waals surface area contributed by atoms with Gasteiger partial charge < -0.3 is 14.8 Å². The van der Waals surface area contributed by atoms with Gasteiger partial charge in [-0.2, -0.15) is 0 Å². The maximum absolute atomic E-state index is 5.81. The Bertz CT molecular complexity index is 374. The molecule has 1 unspecified atom stereocenters. The predicted octanol–water partition coefficient (Wildman–Crippen LogP) is 2.48. The number of hydrogen-bond donors (Lipinski definition) is 1. The van der Waals surface area contributed by atoms with Crippen molar-refractivity contribution in [2.45, 2.75) is 25.0 Å². The van der Waals surface area contributed by atoms with Crippen molar-refractivity contribution in [3.8, 4) is 0 Å². The number of rotatable bonds is 9. The molecule has 3 nitrogen and oxygen atoms in total. The molecule has 1 fully saturated rings. The molecule has 1 aliphatic rings. The number of ether oxygens (including phenoxy) is 2. The van der Waals surface area contributed by atoms with E-state index in [0.717, 1.165) is 6.54 Å². The predicted molar refractivity (Wildman–Crippen MR) is 78.1 cm³/mol. The highest BCUT2D eigenvalue weighted by Crippen LogP contribution is 2.18. The van der Waals surface area contributed by atoms with Crippen LogP contribution in [0.3, 0.4) is 0 Å². The monoisotopic (exact) mass is 261 g/mol. The summed E-state index contributed by atoms with van der Waals surface area (Å²) in [6.45, 7) is 2.13. The summed E-state index contributed by atoms with van der Waals surface area (Å²) in [6, 6.07) is 11.0. The van der Waals surface area contributed by atoms with Crippen LogP contribution in [0.25, 0.3) is 6.08 Å². The van der Waals surface area contributed by atoms with Gasteiger partial charge in [0.25, 0.3) is 0 Å². The first-order valence-electron chi connectivity index (χ1n) is 6.94. The van der Waals surface area contributed by atoms with Gasteiger partial charge in [-0.15, -0.1) is 0 Å². The Balaban J connectivity index is 1.67. The van der Waals surface area contributed by atoms with Crippen LogP contribution < -0.4 is 5.32 Å². The molecule has 104 valence electrons. The van der Waals surface area contributed by atoms with Crippen LogP contribution in [0.4, 0.5) is 0 Å². The van der Waals surface area contributed by atoms with Crippen molar-refractivity contribution >= 4 is 6.08 Å². The molecule has 1 aliphatic carbocycles. The van der Waals surface area contributed by atoms with E-state index in [4.69, 9.17) is 9.47 Å². The highest BCUT2D eigenvalue weighted by atomic mass is 16.5. The Morgan fingerprint density at radius 3 is 2.79 bits per heavy atom. The van der Waals surface area contributed by atoms with E-state index in [0.29, 0.717) is 19.3 Å². The van der Waals surface area contributed by atoms with Crippen molar-refractivity contribution in [1.29, 1.82) is 0 Å². The topological polar surface area (TPSA) is 30.5 Å². The third-order valence-corrected chi connectivity index (χ3v) is 3.10. The van der Waals surface area contributed by atoms with E-state index in [1.54, 1.807) is 7.11 Å². The molecule has 1 saturated carbocycles. The summed E-state index contributed by atoms with van der Waals surface area (Å²) in [5, 5.41) is 3.47. The van der Waals surface area contributed by atoms with Crippen LogP contribution in [-0.4, -0.2) is 39.0 Å². The Morgan fingerprint density at radius 1 is 1.32 bits per heavy atom. The molecule has 0 amide bonds.